The van der Waals surface area contributed by atoms with E-state index in [-0.39, 0.29) is 18.0 Å². The number of aryl methyl sites for hydroxylation is 1. The number of aromatic nitrogens is 1. The number of nitrogens with one attached hydrogen (secondary N) is 2. The van der Waals surface area contributed by atoms with E-state index in [1.165, 1.54) is 11.1 Å². The van der Waals surface area contributed by atoms with E-state index >= 15 is 0 Å². The molecule has 0 bridgehead atoms. The molecule has 0 spiro atoms. The van der Waals surface area contributed by atoms with Crippen molar-refractivity contribution in [2.24, 2.45) is 0 Å². The van der Waals surface area contributed by atoms with Gasteiger partial charge >= 0.3 is 0 Å². The summed E-state index contributed by atoms with van der Waals surface area (Å²) in [7, 11) is 0. The Morgan fingerprint density at radius 3 is 2.90 bits per heavy atom. The number of fused-ring (bicyclic) bond motifs is 1. The summed E-state index contributed by atoms with van der Waals surface area (Å²) in [6.07, 6.45) is 2.37. The maximum atomic E-state index is 12.4. The third-order valence-electron chi connectivity index (χ3n) is 3.77. The maximum Gasteiger partial charge on any atom is 0.238 e. The minimum absolute atomic E-state index is 0.0205. The third kappa shape index (κ3) is 2.97. The lowest BCUT2D eigenvalue weighted by Gasteiger charge is -2.26. The Morgan fingerprint density at radius 1 is 1.43 bits per heavy atom. The van der Waals surface area contributed by atoms with E-state index in [9.17, 15) is 4.79 Å². The topological polar surface area (TPSA) is 67.2 Å². The van der Waals surface area contributed by atoms with Gasteiger partial charge in [0, 0.05) is 6.54 Å². The van der Waals surface area contributed by atoms with E-state index in [0.29, 0.717) is 12.3 Å². The fraction of sp³-hybridized carbons (Fsp3) is 0.375. The molecule has 2 heterocycles. The lowest BCUT2D eigenvalue weighted by Crippen LogP contribution is -2.48. The molecule has 5 nitrogen and oxygen atoms in total. The van der Waals surface area contributed by atoms with Gasteiger partial charge in [0.2, 0.25) is 11.8 Å². The van der Waals surface area contributed by atoms with Crippen molar-refractivity contribution in [2.75, 3.05) is 0 Å². The van der Waals surface area contributed by atoms with Crippen LogP contribution in [0.5, 0.6) is 0 Å². The molecule has 0 aliphatic carbocycles. The number of benzene rings is 1. The van der Waals surface area contributed by atoms with Gasteiger partial charge in [-0.3, -0.25) is 4.79 Å². The van der Waals surface area contributed by atoms with Gasteiger partial charge in [0.05, 0.1) is 12.2 Å². The number of hydrogen-bond acceptors (Lipinski definition) is 4. The first-order valence-corrected chi connectivity index (χ1v) is 7.16. The first-order chi connectivity index (χ1) is 10.1. The van der Waals surface area contributed by atoms with Gasteiger partial charge in [-0.25, -0.2) is 4.98 Å². The van der Waals surface area contributed by atoms with Crippen LogP contribution in [0.25, 0.3) is 0 Å². The minimum atomic E-state index is -0.231. The maximum absolute atomic E-state index is 12.4. The molecular weight excluding hydrogens is 266 g/mol. The Labute approximate surface area is 123 Å². The number of rotatable bonds is 3. The molecule has 1 aliphatic rings. The van der Waals surface area contributed by atoms with E-state index < -0.39 is 0 Å². The Balaban J connectivity index is 1.64. The zero-order valence-corrected chi connectivity index (χ0v) is 12.2. The van der Waals surface area contributed by atoms with Crippen LogP contribution in [-0.2, 0) is 17.8 Å². The highest BCUT2D eigenvalue weighted by Crippen LogP contribution is 2.17. The van der Waals surface area contributed by atoms with E-state index in [0.717, 1.165) is 12.3 Å². The molecule has 1 aromatic heterocycles. The Bertz CT molecular complexity index is 650. The van der Waals surface area contributed by atoms with Gasteiger partial charge in [-0.1, -0.05) is 24.3 Å². The zero-order chi connectivity index (χ0) is 14.8. The van der Waals surface area contributed by atoms with E-state index in [1.807, 2.05) is 26.0 Å². The summed E-state index contributed by atoms with van der Waals surface area (Å²) < 4.78 is 5.44. The molecule has 1 unspecified atom stereocenters. The number of carbonyl (C=O) groups excluding carboxylic acids is 1. The summed E-state index contributed by atoms with van der Waals surface area (Å²) in [5.74, 6) is 1.26. The molecule has 1 aromatic carbocycles. The molecule has 0 saturated carbocycles. The molecule has 110 valence electrons. The molecule has 1 amide bonds. The average Bonchev–Trinajstić information content (AvgIpc) is 2.93. The molecule has 21 heavy (non-hydrogen) atoms. The smallest absolute Gasteiger partial charge is 0.238 e. The SMILES string of the molecule is Cc1cnc(C(C)NC(=O)[C@@H]2Cc3ccccc3CN2)o1. The third-order valence-corrected chi connectivity index (χ3v) is 3.77. The number of amides is 1. The van der Waals surface area contributed by atoms with Crippen LogP contribution in [-0.4, -0.2) is 16.9 Å². The second-order valence-corrected chi connectivity index (χ2v) is 5.45. The number of oxazole rings is 1. The number of carbonyl (C=O) groups is 1. The Hall–Kier alpha value is -2.14. The van der Waals surface area contributed by atoms with Crippen molar-refractivity contribution in [3.63, 3.8) is 0 Å². The van der Waals surface area contributed by atoms with Crippen molar-refractivity contribution >= 4 is 5.91 Å². The standard InChI is InChI=1S/C16H19N3O2/c1-10-8-18-16(21-10)11(2)19-15(20)14-7-12-5-3-4-6-13(12)9-17-14/h3-6,8,11,14,17H,7,9H2,1-2H3,(H,19,20)/t11?,14-/m0/s1. The largest absolute Gasteiger partial charge is 0.444 e. The highest BCUT2D eigenvalue weighted by Gasteiger charge is 2.25. The van der Waals surface area contributed by atoms with Crippen LogP contribution in [0.4, 0.5) is 0 Å². The molecule has 0 fully saturated rings. The number of nitrogens with zero attached hydrogens (tertiary/aromatic N) is 1. The lowest BCUT2D eigenvalue weighted by molar-refractivity contribution is -0.124. The highest BCUT2D eigenvalue weighted by molar-refractivity contribution is 5.82. The molecule has 3 rings (SSSR count). The highest BCUT2D eigenvalue weighted by atomic mass is 16.4. The van der Waals surface area contributed by atoms with Crippen molar-refractivity contribution in [2.45, 2.75) is 38.9 Å². The van der Waals surface area contributed by atoms with Gasteiger partial charge in [-0.15, -0.1) is 0 Å². The minimum Gasteiger partial charge on any atom is -0.444 e. The van der Waals surface area contributed by atoms with E-state index in [1.54, 1.807) is 6.20 Å². The predicted octanol–water partition coefficient (Wildman–Crippen LogP) is 1.87. The summed E-state index contributed by atoms with van der Waals surface area (Å²) in [5.41, 5.74) is 2.49. The fourth-order valence-electron chi connectivity index (χ4n) is 2.59. The normalized spacial score (nSPS) is 18.9. The fourth-order valence-corrected chi connectivity index (χ4v) is 2.59. The van der Waals surface area contributed by atoms with Crippen LogP contribution in [0.3, 0.4) is 0 Å². The molecule has 2 N–H and O–H groups in total. The first-order valence-electron chi connectivity index (χ1n) is 7.16. The lowest BCUT2D eigenvalue weighted by atomic mass is 9.95. The van der Waals surface area contributed by atoms with Crippen molar-refractivity contribution in [1.82, 2.24) is 15.6 Å². The molecular formula is C16H19N3O2. The summed E-state index contributed by atoms with van der Waals surface area (Å²) in [6, 6.07) is 7.76. The monoisotopic (exact) mass is 285 g/mol. The molecule has 2 atom stereocenters. The van der Waals surface area contributed by atoms with Crippen molar-refractivity contribution < 1.29 is 9.21 Å². The molecule has 2 aromatic rings. The average molecular weight is 285 g/mol. The van der Waals surface area contributed by atoms with Crippen LogP contribution in [0, 0.1) is 6.92 Å². The summed E-state index contributed by atoms with van der Waals surface area (Å²) in [6.45, 7) is 4.44. The van der Waals surface area contributed by atoms with Crippen LogP contribution in [0.2, 0.25) is 0 Å². The van der Waals surface area contributed by atoms with Crippen molar-refractivity contribution in [3.8, 4) is 0 Å². The molecule has 0 radical (unpaired) electrons. The quantitative estimate of drug-likeness (QED) is 0.903. The summed E-state index contributed by atoms with van der Waals surface area (Å²) >= 11 is 0. The van der Waals surface area contributed by atoms with Gasteiger partial charge in [-0.05, 0) is 31.4 Å². The number of hydrogen-bond donors (Lipinski definition) is 2. The van der Waals surface area contributed by atoms with Crippen LogP contribution in [0.15, 0.2) is 34.9 Å². The van der Waals surface area contributed by atoms with Gasteiger partial charge < -0.3 is 15.1 Å². The van der Waals surface area contributed by atoms with Gasteiger partial charge in [0.25, 0.3) is 0 Å². The second-order valence-electron chi connectivity index (χ2n) is 5.45. The van der Waals surface area contributed by atoms with Crippen LogP contribution in [0.1, 0.15) is 35.7 Å². The van der Waals surface area contributed by atoms with Gasteiger partial charge in [-0.2, -0.15) is 0 Å². The van der Waals surface area contributed by atoms with E-state index in [4.69, 9.17) is 4.42 Å². The predicted molar refractivity (Wildman–Crippen MR) is 78.6 cm³/mol. The van der Waals surface area contributed by atoms with Crippen molar-refractivity contribution in [1.29, 1.82) is 0 Å². The van der Waals surface area contributed by atoms with Gasteiger partial charge in [0.1, 0.15) is 11.8 Å². The summed E-state index contributed by atoms with van der Waals surface area (Å²) in [4.78, 5) is 16.5. The molecule has 5 heteroatoms. The van der Waals surface area contributed by atoms with Crippen LogP contribution >= 0.6 is 0 Å². The Morgan fingerprint density at radius 2 is 2.19 bits per heavy atom. The zero-order valence-electron chi connectivity index (χ0n) is 12.2. The second kappa shape index (κ2) is 5.69. The molecule has 0 saturated heterocycles. The summed E-state index contributed by atoms with van der Waals surface area (Å²) in [5, 5.41) is 6.23. The molecule has 1 aliphatic heterocycles. The Kier molecular flexibility index (Phi) is 3.75. The van der Waals surface area contributed by atoms with Gasteiger partial charge in [0.15, 0.2) is 0 Å². The van der Waals surface area contributed by atoms with E-state index in [2.05, 4.69) is 27.8 Å². The van der Waals surface area contributed by atoms with Crippen molar-refractivity contribution in [3.05, 3.63) is 53.2 Å². The first kappa shape index (κ1) is 13.8. The van der Waals surface area contributed by atoms with Crippen LogP contribution < -0.4 is 10.6 Å².